The molecule has 1 aliphatic rings. The second-order valence-electron chi connectivity index (χ2n) is 7.03. The Hall–Kier alpha value is -3.26. The summed E-state index contributed by atoms with van der Waals surface area (Å²) >= 11 is 0. The van der Waals surface area contributed by atoms with Crippen molar-refractivity contribution >= 4 is 16.6 Å². The Morgan fingerprint density at radius 2 is 1.46 bits per heavy atom. The maximum Gasteiger partial charge on any atom is 0.194 e. The normalized spacial score (nSPS) is 12.3. The van der Waals surface area contributed by atoms with Gasteiger partial charge in [0.1, 0.15) is 0 Å². The van der Waals surface area contributed by atoms with E-state index in [1.165, 1.54) is 11.1 Å². The van der Waals surface area contributed by atoms with Gasteiger partial charge in [-0.25, -0.2) is 0 Å². The van der Waals surface area contributed by atoms with E-state index in [-0.39, 0.29) is 5.78 Å². The predicted octanol–water partition coefficient (Wildman–Crippen LogP) is 5.73. The number of aryl methyl sites for hydroxylation is 2. The van der Waals surface area contributed by atoms with Gasteiger partial charge in [-0.05, 0) is 60.7 Å². The van der Waals surface area contributed by atoms with E-state index in [4.69, 9.17) is 0 Å². The van der Waals surface area contributed by atoms with E-state index in [9.17, 15) is 4.79 Å². The van der Waals surface area contributed by atoms with E-state index < -0.39 is 0 Å². The van der Waals surface area contributed by atoms with E-state index in [2.05, 4.69) is 43.1 Å². The van der Waals surface area contributed by atoms with Crippen molar-refractivity contribution in [3.05, 3.63) is 89.1 Å². The molecule has 0 aliphatic heterocycles. The number of benzene rings is 3. The molecule has 0 saturated heterocycles. The molecule has 1 aromatic heterocycles. The molecule has 124 valence electrons. The van der Waals surface area contributed by atoms with Crippen molar-refractivity contribution in [1.82, 2.24) is 4.98 Å². The van der Waals surface area contributed by atoms with Crippen LogP contribution in [0.25, 0.3) is 33.2 Å². The molecule has 3 aromatic carbocycles. The van der Waals surface area contributed by atoms with E-state index in [0.29, 0.717) is 0 Å². The zero-order chi connectivity index (χ0) is 17.8. The SMILES string of the molecule is Cc1cc(C)cc(-c2nccc3cc4c(cc23)C(=O)c2ccccc2-4)c1. The van der Waals surface area contributed by atoms with Gasteiger partial charge in [-0.1, -0.05) is 41.5 Å². The van der Waals surface area contributed by atoms with Crippen LogP contribution in [0.2, 0.25) is 0 Å². The fraction of sp³-hybridized carbons (Fsp3) is 0.0833. The Balaban J connectivity index is 1.81. The van der Waals surface area contributed by atoms with Crippen molar-refractivity contribution in [3.63, 3.8) is 0 Å². The molecule has 1 aliphatic carbocycles. The van der Waals surface area contributed by atoms with Crippen molar-refractivity contribution in [2.75, 3.05) is 0 Å². The standard InChI is InChI=1S/C24H17NO/c1-14-9-15(2)11-17(10-14)23-20-13-22-21(12-16(20)7-8-25-23)18-5-3-4-6-19(18)24(22)26/h3-13H,1-2H3. The molecule has 26 heavy (non-hydrogen) atoms. The van der Waals surface area contributed by atoms with Crippen molar-refractivity contribution in [3.8, 4) is 22.4 Å². The highest BCUT2D eigenvalue weighted by molar-refractivity contribution is 6.23. The molecule has 5 rings (SSSR count). The second-order valence-corrected chi connectivity index (χ2v) is 7.03. The molecule has 0 atom stereocenters. The summed E-state index contributed by atoms with van der Waals surface area (Å²) in [5, 5.41) is 2.13. The highest BCUT2D eigenvalue weighted by Gasteiger charge is 2.27. The quantitative estimate of drug-likeness (QED) is 0.391. The molecule has 0 fully saturated rings. The number of hydrogen-bond acceptors (Lipinski definition) is 2. The van der Waals surface area contributed by atoms with Gasteiger partial charge >= 0.3 is 0 Å². The molecular weight excluding hydrogens is 318 g/mol. The molecule has 1 heterocycles. The van der Waals surface area contributed by atoms with Gasteiger partial charge in [0.05, 0.1) is 5.69 Å². The maximum atomic E-state index is 12.9. The molecule has 0 saturated carbocycles. The summed E-state index contributed by atoms with van der Waals surface area (Å²) in [4.78, 5) is 17.5. The Labute approximate surface area is 152 Å². The average Bonchev–Trinajstić information content (AvgIpc) is 2.91. The predicted molar refractivity (Wildman–Crippen MR) is 106 cm³/mol. The van der Waals surface area contributed by atoms with E-state index in [1.807, 2.05) is 42.6 Å². The van der Waals surface area contributed by atoms with Gasteiger partial charge in [-0.2, -0.15) is 0 Å². The van der Waals surface area contributed by atoms with Crippen molar-refractivity contribution in [2.24, 2.45) is 0 Å². The molecule has 0 bridgehead atoms. The second kappa shape index (κ2) is 5.37. The first-order valence-electron chi connectivity index (χ1n) is 8.77. The lowest BCUT2D eigenvalue weighted by molar-refractivity contribution is 0.104. The summed E-state index contributed by atoms with van der Waals surface area (Å²) in [6.45, 7) is 4.19. The first kappa shape index (κ1) is 15.0. The molecule has 0 radical (unpaired) electrons. The maximum absolute atomic E-state index is 12.9. The number of ketones is 1. The van der Waals surface area contributed by atoms with Crippen LogP contribution in [0.3, 0.4) is 0 Å². The van der Waals surface area contributed by atoms with Gasteiger partial charge in [0.25, 0.3) is 0 Å². The van der Waals surface area contributed by atoms with Gasteiger partial charge < -0.3 is 0 Å². The molecule has 4 aromatic rings. The average molecular weight is 335 g/mol. The molecule has 0 amide bonds. The number of hydrogen-bond donors (Lipinski definition) is 0. The van der Waals surface area contributed by atoms with Crippen LogP contribution in [0.15, 0.2) is 66.9 Å². The van der Waals surface area contributed by atoms with Crippen LogP contribution in [0, 0.1) is 13.8 Å². The number of pyridine rings is 1. The lowest BCUT2D eigenvalue weighted by Crippen LogP contribution is -1.96. The Morgan fingerprint density at radius 1 is 0.731 bits per heavy atom. The lowest BCUT2D eigenvalue weighted by atomic mass is 9.96. The van der Waals surface area contributed by atoms with Gasteiger partial charge in [0.15, 0.2) is 5.78 Å². The summed E-state index contributed by atoms with van der Waals surface area (Å²) in [5.41, 5.74) is 8.06. The minimum absolute atomic E-state index is 0.104. The van der Waals surface area contributed by atoms with Crippen LogP contribution < -0.4 is 0 Å². The van der Waals surface area contributed by atoms with Crippen LogP contribution in [-0.2, 0) is 0 Å². The summed E-state index contributed by atoms with van der Waals surface area (Å²) < 4.78 is 0. The zero-order valence-corrected chi connectivity index (χ0v) is 14.7. The number of carbonyl (C=O) groups excluding carboxylic acids is 1. The number of fused-ring (bicyclic) bond motifs is 4. The Bertz CT molecular complexity index is 1200. The van der Waals surface area contributed by atoms with Crippen LogP contribution in [0.5, 0.6) is 0 Å². The zero-order valence-electron chi connectivity index (χ0n) is 14.7. The lowest BCUT2D eigenvalue weighted by Gasteiger charge is -2.10. The van der Waals surface area contributed by atoms with E-state index in [0.717, 1.165) is 44.3 Å². The fourth-order valence-electron chi connectivity index (χ4n) is 4.03. The highest BCUT2D eigenvalue weighted by atomic mass is 16.1. The fourth-order valence-corrected chi connectivity index (χ4v) is 4.03. The summed E-state index contributed by atoms with van der Waals surface area (Å²) in [6, 6.07) is 20.5. The van der Waals surface area contributed by atoms with Crippen molar-refractivity contribution in [2.45, 2.75) is 13.8 Å². The Kier molecular flexibility index (Phi) is 3.10. The van der Waals surface area contributed by atoms with E-state index >= 15 is 0 Å². The summed E-state index contributed by atoms with van der Waals surface area (Å²) in [6.07, 6.45) is 1.85. The minimum Gasteiger partial charge on any atom is -0.289 e. The van der Waals surface area contributed by atoms with Gasteiger partial charge in [0.2, 0.25) is 0 Å². The molecule has 0 unspecified atom stereocenters. The van der Waals surface area contributed by atoms with Crippen LogP contribution in [0.4, 0.5) is 0 Å². The number of nitrogens with zero attached hydrogens (tertiary/aromatic N) is 1. The first-order chi connectivity index (χ1) is 12.6. The molecule has 2 heteroatoms. The van der Waals surface area contributed by atoms with Gasteiger partial charge in [0, 0.05) is 28.3 Å². The third kappa shape index (κ3) is 2.12. The van der Waals surface area contributed by atoms with Crippen LogP contribution in [-0.4, -0.2) is 10.8 Å². The monoisotopic (exact) mass is 335 g/mol. The molecule has 2 nitrogen and oxygen atoms in total. The van der Waals surface area contributed by atoms with Crippen molar-refractivity contribution in [1.29, 1.82) is 0 Å². The summed E-state index contributed by atoms with van der Waals surface area (Å²) in [5.74, 6) is 0.104. The molecule has 0 N–H and O–H groups in total. The smallest absolute Gasteiger partial charge is 0.194 e. The number of carbonyl (C=O) groups is 1. The third-order valence-electron chi connectivity index (χ3n) is 5.10. The van der Waals surface area contributed by atoms with Gasteiger partial charge in [-0.15, -0.1) is 0 Å². The van der Waals surface area contributed by atoms with Crippen molar-refractivity contribution < 1.29 is 4.79 Å². The molecular formula is C24H17NO. The summed E-state index contributed by atoms with van der Waals surface area (Å²) in [7, 11) is 0. The highest BCUT2D eigenvalue weighted by Crippen LogP contribution is 2.40. The number of aromatic nitrogens is 1. The third-order valence-corrected chi connectivity index (χ3v) is 5.10. The van der Waals surface area contributed by atoms with Crippen LogP contribution in [0.1, 0.15) is 27.0 Å². The molecule has 0 spiro atoms. The largest absolute Gasteiger partial charge is 0.289 e. The Morgan fingerprint density at radius 3 is 2.23 bits per heavy atom. The van der Waals surface area contributed by atoms with Gasteiger partial charge in [-0.3, -0.25) is 9.78 Å². The van der Waals surface area contributed by atoms with E-state index in [1.54, 1.807) is 0 Å². The van der Waals surface area contributed by atoms with Crippen LogP contribution >= 0.6 is 0 Å². The number of rotatable bonds is 1. The first-order valence-corrected chi connectivity index (χ1v) is 8.77. The topological polar surface area (TPSA) is 30.0 Å². The minimum atomic E-state index is 0.104.